The van der Waals surface area contributed by atoms with Crippen LogP contribution in [0.1, 0.15) is 22.3 Å². The molecule has 1 spiro atoms. The fourth-order valence-corrected chi connectivity index (χ4v) is 7.44. The molecular weight excluding hydrogens is 480 g/mol. The fourth-order valence-electron chi connectivity index (χ4n) is 6.26. The van der Waals surface area contributed by atoms with Gasteiger partial charge in [0.1, 0.15) is 0 Å². The predicted octanol–water partition coefficient (Wildman–Crippen LogP) is 8.64. The molecule has 0 radical (unpaired) electrons. The number of benzene rings is 5. The van der Waals surface area contributed by atoms with Gasteiger partial charge in [-0.3, -0.25) is 0 Å². The first-order valence-electron chi connectivity index (χ1n) is 12.8. The lowest BCUT2D eigenvalue weighted by atomic mass is 9.67. The van der Waals surface area contributed by atoms with Crippen molar-refractivity contribution < 1.29 is 0 Å². The highest BCUT2D eigenvalue weighted by Crippen LogP contribution is 2.62. The van der Waals surface area contributed by atoms with Gasteiger partial charge in [0.2, 0.25) is 0 Å². The van der Waals surface area contributed by atoms with Crippen LogP contribution in [0.5, 0.6) is 0 Å². The Morgan fingerprint density at radius 1 is 0.421 bits per heavy atom. The molecule has 0 saturated carbocycles. The van der Waals surface area contributed by atoms with E-state index in [1.165, 1.54) is 43.2 Å². The number of hydrogen-bond acceptors (Lipinski definition) is 3. The van der Waals surface area contributed by atoms with E-state index in [2.05, 4.69) is 125 Å². The Balaban J connectivity index is 1.37. The molecule has 1 aliphatic carbocycles. The van der Waals surface area contributed by atoms with Crippen LogP contribution in [0.25, 0.3) is 33.6 Å². The molecule has 0 fully saturated rings. The zero-order valence-electron chi connectivity index (χ0n) is 20.5. The zero-order chi connectivity index (χ0) is 25.1. The Hall–Kier alpha value is -4.47. The van der Waals surface area contributed by atoms with Crippen molar-refractivity contribution in [2.24, 2.45) is 0 Å². The van der Waals surface area contributed by atoms with Crippen LogP contribution in [0.15, 0.2) is 143 Å². The van der Waals surface area contributed by atoms with Crippen LogP contribution in [0.4, 0.5) is 0 Å². The summed E-state index contributed by atoms with van der Waals surface area (Å²) in [6, 6.07) is 47.9. The summed E-state index contributed by atoms with van der Waals surface area (Å²) in [6.07, 6.45) is 0. The topological polar surface area (TPSA) is 25.8 Å². The van der Waals surface area contributed by atoms with Crippen molar-refractivity contribution in [3.05, 3.63) is 156 Å². The van der Waals surface area contributed by atoms with Crippen LogP contribution >= 0.6 is 11.8 Å². The SMILES string of the molecule is c1ccc(-c2ccc(-c3ccc4c(c3)C3(c5ccccc5S4)c4ccccc4-c4ccccc43)nn2)cc1. The molecule has 0 bridgehead atoms. The van der Waals surface area contributed by atoms with Crippen molar-refractivity contribution in [1.29, 1.82) is 0 Å². The van der Waals surface area contributed by atoms with Crippen LogP contribution in [0.2, 0.25) is 0 Å². The molecule has 0 unspecified atom stereocenters. The molecule has 2 aliphatic rings. The molecule has 38 heavy (non-hydrogen) atoms. The van der Waals surface area contributed by atoms with Gasteiger partial charge in [-0.2, -0.15) is 0 Å². The second-order valence-corrected chi connectivity index (χ2v) is 10.9. The molecule has 2 nitrogen and oxygen atoms in total. The minimum absolute atomic E-state index is 0.377. The van der Waals surface area contributed by atoms with Crippen LogP contribution in [-0.4, -0.2) is 10.2 Å². The van der Waals surface area contributed by atoms with Gasteiger partial charge in [0.05, 0.1) is 16.8 Å². The van der Waals surface area contributed by atoms with Gasteiger partial charge in [0.15, 0.2) is 0 Å². The Kier molecular flexibility index (Phi) is 4.70. The third-order valence-electron chi connectivity index (χ3n) is 7.88. The van der Waals surface area contributed by atoms with Crippen molar-refractivity contribution >= 4 is 11.8 Å². The van der Waals surface area contributed by atoms with E-state index in [4.69, 9.17) is 0 Å². The molecule has 0 N–H and O–H groups in total. The van der Waals surface area contributed by atoms with E-state index in [9.17, 15) is 0 Å². The minimum atomic E-state index is -0.377. The highest BCUT2D eigenvalue weighted by Gasteiger charge is 2.50. The van der Waals surface area contributed by atoms with Crippen LogP contribution in [-0.2, 0) is 5.41 Å². The van der Waals surface area contributed by atoms with Gasteiger partial charge in [0, 0.05) is 20.9 Å². The van der Waals surface area contributed by atoms with Gasteiger partial charge in [-0.1, -0.05) is 115 Å². The maximum absolute atomic E-state index is 4.67. The molecule has 3 heteroatoms. The molecule has 0 amide bonds. The summed E-state index contributed by atoms with van der Waals surface area (Å²) in [5, 5.41) is 9.24. The van der Waals surface area contributed by atoms with Gasteiger partial charge < -0.3 is 0 Å². The molecular formula is C35H22N2S. The molecule has 6 aromatic rings. The summed E-state index contributed by atoms with van der Waals surface area (Å²) in [5.41, 5.74) is 11.5. The number of hydrogen-bond donors (Lipinski definition) is 0. The highest BCUT2D eigenvalue weighted by molar-refractivity contribution is 7.99. The zero-order valence-corrected chi connectivity index (χ0v) is 21.3. The Morgan fingerprint density at radius 3 is 1.66 bits per heavy atom. The second-order valence-electron chi connectivity index (χ2n) is 9.82. The van der Waals surface area contributed by atoms with Crippen LogP contribution in [0, 0.1) is 0 Å². The van der Waals surface area contributed by atoms with Crippen molar-refractivity contribution in [3.8, 4) is 33.6 Å². The summed E-state index contributed by atoms with van der Waals surface area (Å²) in [5.74, 6) is 0. The maximum Gasteiger partial charge on any atom is 0.0930 e. The first kappa shape index (κ1) is 21.6. The molecule has 5 aromatic carbocycles. The van der Waals surface area contributed by atoms with Crippen LogP contribution in [0.3, 0.4) is 0 Å². The van der Waals surface area contributed by atoms with E-state index in [0.717, 1.165) is 22.5 Å². The Labute approximate surface area is 226 Å². The first-order valence-corrected chi connectivity index (χ1v) is 13.7. The van der Waals surface area contributed by atoms with E-state index >= 15 is 0 Å². The number of rotatable bonds is 2. The quantitative estimate of drug-likeness (QED) is 0.237. The van der Waals surface area contributed by atoms with E-state index in [-0.39, 0.29) is 5.41 Å². The fraction of sp³-hybridized carbons (Fsp3) is 0.0286. The average Bonchev–Trinajstić information content (AvgIpc) is 3.29. The van der Waals surface area contributed by atoms with E-state index in [1.54, 1.807) is 0 Å². The van der Waals surface area contributed by atoms with Gasteiger partial charge in [-0.15, -0.1) is 10.2 Å². The summed E-state index contributed by atoms with van der Waals surface area (Å²) in [6.45, 7) is 0. The monoisotopic (exact) mass is 502 g/mol. The summed E-state index contributed by atoms with van der Waals surface area (Å²) >= 11 is 1.86. The first-order chi connectivity index (χ1) is 18.8. The largest absolute Gasteiger partial charge is 0.150 e. The van der Waals surface area contributed by atoms with E-state index < -0.39 is 0 Å². The summed E-state index contributed by atoms with van der Waals surface area (Å²) in [7, 11) is 0. The average molecular weight is 503 g/mol. The number of fused-ring (bicyclic) bond motifs is 9. The van der Waals surface area contributed by atoms with Crippen molar-refractivity contribution in [2.75, 3.05) is 0 Å². The molecule has 0 atom stereocenters. The third kappa shape index (κ3) is 2.97. The lowest BCUT2D eigenvalue weighted by Crippen LogP contribution is -2.32. The minimum Gasteiger partial charge on any atom is -0.150 e. The predicted molar refractivity (Wildman–Crippen MR) is 154 cm³/mol. The highest BCUT2D eigenvalue weighted by atomic mass is 32.2. The van der Waals surface area contributed by atoms with Gasteiger partial charge in [0.25, 0.3) is 0 Å². The lowest BCUT2D eigenvalue weighted by Gasteiger charge is -2.39. The molecule has 178 valence electrons. The lowest BCUT2D eigenvalue weighted by molar-refractivity contribution is 0.722. The summed E-state index contributed by atoms with van der Waals surface area (Å²) < 4.78 is 0. The van der Waals surface area contributed by atoms with Crippen molar-refractivity contribution in [1.82, 2.24) is 10.2 Å². The van der Waals surface area contributed by atoms with Gasteiger partial charge in [-0.05, 0) is 63.7 Å². The maximum atomic E-state index is 4.67. The Bertz CT molecular complexity index is 1800. The van der Waals surface area contributed by atoms with Crippen molar-refractivity contribution in [3.63, 3.8) is 0 Å². The van der Waals surface area contributed by atoms with E-state index in [1.807, 2.05) is 30.0 Å². The van der Waals surface area contributed by atoms with Gasteiger partial charge in [-0.25, -0.2) is 0 Å². The molecule has 8 rings (SSSR count). The Morgan fingerprint density at radius 2 is 0.974 bits per heavy atom. The molecule has 0 saturated heterocycles. The molecule has 2 heterocycles. The number of aromatic nitrogens is 2. The second kappa shape index (κ2) is 8.27. The number of nitrogens with zero attached hydrogens (tertiary/aromatic N) is 2. The molecule has 1 aliphatic heterocycles. The van der Waals surface area contributed by atoms with Gasteiger partial charge >= 0.3 is 0 Å². The van der Waals surface area contributed by atoms with Crippen molar-refractivity contribution in [2.45, 2.75) is 15.2 Å². The smallest absolute Gasteiger partial charge is 0.0930 e. The van der Waals surface area contributed by atoms with E-state index in [0.29, 0.717) is 0 Å². The normalized spacial score (nSPS) is 13.9. The third-order valence-corrected chi connectivity index (χ3v) is 9.03. The van der Waals surface area contributed by atoms with Crippen LogP contribution < -0.4 is 0 Å². The summed E-state index contributed by atoms with van der Waals surface area (Å²) in [4.78, 5) is 2.60. The standard InChI is InChI=1S/C35H22N2S/c1-2-10-23(11-3-1)31-19-20-32(37-36-31)24-18-21-34-30(22-24)35(29-16-8-9-17-33(29)38-34)27-14-6-4-12-25(27)26-13-5-7-15-28(26)35/h1-22H. The molecule has 1 aromatic heterocycles.